The normalized spacial score (nSPS) is 21.5. The monoisotopic (exact) mass is 443 g/mol. The fourth-order valence-electron chi connectivity index (χ4n) is 4.93. The lowest BCUT2D eigenvalue weighted by molar-refractivity contribution is -0.161. The molecule has 178 valence electrons. The molecule has 2 saturated heterocycles. The minimum atomic E-state index is -0.689. The van der Waals surface area contributed by atoms with Crippen molar-refractivity contribution in [3.63, 3.8) is 0 Å². The number of ether oxygens (including phenoxy) is 1. The molecule has 0 bridgehead atoms. The highest BCUT2D eigenvalue weighted by Gasteiger charge is 2.53. The summed E-state index contributed by atoms with van der Waals surface area (Å²) in [4.78, 5) is 31.0. The van der Waals surface area contributed by atoms with Gasteiger partial charge in [0.05, 0.1) is 6.10 Å². The molecule has 0 radical (unpaired) electrons. The predicted molar refractivity (Wildman–Crippen MR) is 127 cm³/mol. The first-order chi connectivity index (χ1) is 15.2. The topological polar surface area (TPSA) is 61.9 Å². The molecule has 6 heteroatoms. The van der Waals surface area contributed by atoms with E-state index >= 15 is 0 Å². The molecule has 0 aliphatic carbocycles. The van der Waals surface area contributed by atoms with Gasteiger partial charge < -0.3 is 15.0 Å². The zero-order valence-electron chi connectivity index (χ0n) is 20.5. The number of likely N-dealkylation sites (tertiary alicyclic amines) is 1. The summed E-state index contributed by atoms with van der Waals surface area (Å²) in [6, 6.07) is 7.89. The lowest BCUT2D eigenvalue weighted by Gasteiger charge is -2.52. The number of benzene rings is 1. The smallest absolute Gasteiger partial charge is 0.246 e. The van der Waals surface area contributed by atoms with Gasteiger partial charge in [-0.1, -0.05) is 39.3 Å². The van der Waals surface area contributed by atoms with E-state index in [9.17, 15) is 9.59 Å². The molecule has 3 rings (SSSR count). The van der Waals surface area contributed by atoms with E-state index in [4.69, 9.17) is 4.74 Å². The fourth-order valence-corrected chi connectivity index (χ4v) is 4.93. The highest BCUT2D eigenvalue weighted by Crippen LogP contribution is 2.34. The average Bonchev–Trinajstić information content (AvgIpc) is 2.74. The van der Waals surface area contributed by atoms with Crippen molar-refractivity contribution in [2.75, 3.05) is 19.6 Å². The molecule has 2 heterocycles. The zero-order chi connectivity index (χ0) is 23.3. The maximum atomic E-state index is 13.4. The first kappa shape index (κ1) is 24.6. The summed E-state index contributed by atoms with van der Waals surface area (Å²) < 4.78 is 5.74. The van der Waals surface area contributed by atoms with Gasteiger partial charge in [0.15, 0.2) is 0 Å². The van der Waals surface area contributed by atoms with Gasteiger partial charge in [-0.05, 0) is 63.1 Å². The molecule has 0 aromatic heterocycles. The Morgan fingerprint density at radius 1 is 1.09 bits per heavy atom. The molecule has 32 heavy (non-hydrogen) atoms. The van der Waals surface area contributed by atoms with E-state index in [0.717, 1.165) is 38.2 Å². The van der Waals surface area contributed by atoms with Crippen LogP contribution >= 0.6 is 0 Å². The van der Waals surface area contributed by atoms with Gasteiger partial charge in [-0.15, -0.1) is 0 Å². The SMILES string of the molecule is CCCCN1C(=O)C(CC(C)C)NC(=O)C12CCN(Cc1ccc(OC(C)C)cc1)CC2. The van der Waals surface area contributed by atoms with Gasteiger partial charge in [-0.3, -0.25) is 14.5 Å². The van der Waals surface area contributed by atoms with Crippen LogP contribution in [0.25, 0.3) is 0 Å². The summed E-state index contributed by atoms with van der Waals surface area (Å²) in [7, 11) is 0. The lowest BCUT2D eigenvalue weighted by atomic mass is 9.80. The van der Waals surface area contributed by atoms with Gasteiger partial charge in [-0.2, -0.15) is 0 Å². The minimum absolute atomic E-state index is 0.0497. The van der Waals surface area contributed by atoms with Crippen molar-refractivity contribution < 1.29 is 14.3 Å². The van der Waals surface area contributed by atoms with Gasteiger partial charge in [0, 0.05) is 26.2 Å². The van der Waals surface area contributed by atoms with Crippen molar-refractivity contribution >= 4 is 11.8 Å². The van der Waals surface area contributed by atoms with Crippen molar-refractivity contribution in [2.45, 2.75) is 91.0 Å². The Bertz CT molecular complexity index is 767. The van der Waals surface area contributed by atoms with Crippen LogP contribution in [-0.2, 0) is 16.1 Å². The molecule has 1 unspecified atom stereocenters. The van der Waals surface area contributed by atoms with Crippen LogP contribution in [0.1, 0.15) is 72.3 Å². The molecular weight excluding hydrogens is 402 g/mol. The highest BCUT2D eigenvalue weighted by molar-refractivity contribution is 6.00. The fraction of sp³-hybridized carbons (Fsp3) is 0.692. The van der Waals surface area contributed by atoms with Crippen LogP contribution in [0.3, 0.4) is 0 Å². The van der Waals surface area contributed by atoms with Gasteiger partial charge in [0.25, 0.3) is 0 Å². The molecule has 6 nitrogen and oxygen atoms in total. The Hall–Kier alpha value is -2.08. The van der Waals surface area contributed by atoms with Crippen LogP contribution in [0, 0.1) is 5.92 Å². The van der Waals surface area contributed by atoms with E-state index < -0.39 is 5.54 Å². The van der Waals surface area contributed by atoms with Crippen molar-refractivity contribution in [3.05, 3.63) is 29.8 Å². The molecule has 0 saturated carbocycles. The van der Waals surface area contributed by atoms with E-state index in [1.165, 1.54) is 5.56 Å². The average molecular weight is 444 g/mol. The van der Waals surface area contributed by atoms with Crippen molar-refractivity contribution in [3.8, 4) is 5.75 Å². The number of carbonyl (C=O) groups excluding carboxylic acids is 2. The Balaban J connectivity index is 1.66. The summed E-state index contributed by atoms with van der Waals surface area (Å²) >= 11 is 0. The molecule has 2 amide bonds. The number of rotatable bonds is 9. The maximum absolute atomic E-state index is 13.4. The molecule has 1 N–H and O–H groups in total. The number of amides is 2. The van der Waals surface area contributed by atoms with Crippen molar-refractivity contribution in [2.24, 2.45) is 5.92 Å². The molecular formula is C26H41N3O3. The number of nitrogens with zero attached hydrogens (tertiary/aromatic N) is 2. The van der Waals surface area contributed by atoms with Gasteiger partial charge >= 0.3 is 0 Å². The van der Waals surface area contributed by atoms with E-state index in [-0.39, 0.29) is 24.0 Å². The molecule has 1 atom stereocenters. The van der Waals surface area contributed by atoms with Crippen LogP contribution in [0.5, 0.6) is 5.75 Å². The van der Waals surface area contributed by atoms with Crippen LogP contribution in [0.2, 0.25) is 0 Å². The third kappa shape index (κ3) is 5.64. The van der Waals surface area contributed by atoms with E-state index in [1.807, 2.05) is 30.9 Å². The van der Waals surface area contributed by atoms with Gasteiger partial charge in [0.2, 0.25) is 11.8 Å². The summed E-state index contributed by atoms with van der Waals surface area (Å²) in [6.45, 7) is 13.5. The highest BCUT2D eigenvalue weighted by atomic mass is 16.5. The maximum Gasteiger partial charge on any atom is 0.246 e. The number of nitrogens with one attached hydrogen (secondary N) is 1. The quantitative estimate of drug-likeness (QED) is 0.627. The van der Waals surface area contributed by atoms with Crippen molar-refractivity contribution in [1.29, 1.82) is 0 Å². The standard InChI is InChI=1S/C26H41N3O3/c1-6-7-14-29-24(30)23(17-19(2)3)27-25(31)26(29)12-15-28(16-13-26)18-21-8-10-22(11-9-21)32-20(4)5/h8-11,19-20,23H,6-7,12-18H2,1-5H3,(H,27,31). The van der Waals surface area contributed by atoms with E-state index in [1.54, 1.807) is 0 Å². The Labute approximate surface area is 193 Å². The summed E-state index contributed by atoms with van der Waals surface area (Å²) in [5.41, 5.74) is 0.548. The third-order valence-electron chi connectivity index (χ3n) is 6.64. The number of unbranched alkanes of at least 4 members (excludes halogenated alkanes) is 1. The number of carbonyl (C=O) groups is 2. The zero-order valence-corrected chi connectivity index (χ0v) is 20.5. The third-order valence-corrected chi connectivity index (χ3v) is 6.64. The molecule has 2 aliphatic heterocycles. The Morgan fingerprint density at radius 2 is 1.75 bits per heavy atom. The van der Waals surface area contributed by atoms with Gasteiger partial charge in [-0.25, -0.2) is 0 Å². The summed E-state index contributed by atoms with van der Waals surface area (Å²) in [5, 5.41) is 3.09. The number of hydrogen-bond acceptors (Lipinski definition) is 4. The largest absolute Gasteiger partial charge is 0.491 e. The van der Waals surface area contributed by atoms with E-state index in [0.29, 0.717) is 31.7 Å². The van der Waals surface area contributed by atoms with Crippen LogP contribution in [-0.4, -0.2) is 58.9 Å². The van der Waals surface area contributed by atoms with Gasteiger partial charge in [0.1, 0.15) is 17.3 Å². The van der Waals surface area contributed by atoms with Crippen LogP contribution in [0.15, 0.2) is 24.3 Å². The molecule has 2 fully saturated rings. The molecule has 1 aromatic carbocycles. The Morgan fingerprint density at radius 3 is 2.31 bits per heavy atom. The second kappa shape index (κ2) is 10.7. The number of piperidine rings is 1. The number of hydrogen-bond donors (Lipinski definition) is 1. The van der Waals surface area contributed by atoms with Crippen LogP contribution < -0.4 is 10.1 Å². The number of piperazine rings is 1. The lowest BCUT2D eigenvalue weighted by Crippen LogP contribution is -2.73. The second-order valence-corrected chi connectivity index (χ2v) is 10.1. The molecule has 2 aliphatic rings. The Kier molecular flexibility index (Phi) is 8.21. The van der Waals surface area contributed by atoms with Crippen molar-refractivity contribution in [1.82, 2.24) is 15.1 Å². The molecule has 1 spiro atoms. The summed E-state index contributed by atoms with van der Waals surface area (Å²) in [5.74, 6) is 1.42. The molecule has 1 aromatic rings. The first-order valence-electron chi connectivity index (χ1n) is 12.4. The minimum Gasteiger partial charge on any atom is -0.491 e. The second-order valence-electron chi connectivity index (χ2n) is 10.1. The first-order valence-corrected chi connectivity index (χ1v) is 12.4. The summed E-state index contributed by atoms with van der Waals surface area (Å²) in [6.07, 6.45) is 4.20. The van der Waals surface area contributed by atoms with Crippen LogP contribution in [0.4, 0.5) is 0 Å². The van der Waals surface area contributed by atoms with E-state index in [2.05, 4.69) is 43.1 Å². The predicted octanol–water partition coefficient (Wildman–Crippen LogP) is 3.98.